The average Bonchev–Trinajstić information content (AvgIpc) is 3.12. The molecule has 0 aromatic heterocycles. The van der Waals surface area contributed by atoms with Crippen molar-refractivity contribution in [2.45, 2.75) is 0 Å². The van der Waals surface area contributed by atoms with Crippen molar-refractivity contribution in [2.24, 2.45) is 0 Å². The number of carbonyl (C=O) groups is 4. The summed E-state index contributed by atoms with van der Waals surface area (Å²) in [5.74, 6) is -3.29. The topological polar surface area (TPSA) is 112 Å². The van der Waals surface area contributed by atoms with Gasteiger partial charge in [0.15, 0.2) is 11.6 Å². The highest BCUT2D eigenvalue weighted by Gasteiger charge is 2.37. The molecular weight excluding hydrogens is 465 g/mol. The number of carbonyl (C=O) groups excluding carboxylic acids is 4. The first-order valence-electron chi connectivity index (χ1n) is 10.7. The minimum absolute atomic E-state index is 0.00285. The highest BCUT2D eigenvalue weighted by Crippen LogP contribution is 2.32. The Morgan fingerprint density at radius 1 is 0.583 bits per heavy atom. The molecule has 2 N–H and O–H groups in total. The van der Waals surface area contributed by atoms with E-state index in [1.165, 1.54) is 72.8 Å². The van der Waals surface area contributed by atoms with Gasteiger partial charge >= 0.3 is 0 Å². The first-order valence-corrected chi connectivity index (χ1v) is 10.7. The molecule has 0 fully saturated rings. The summed E-state index contributed by atoms with van der Waals surface area (Å²) in [4.78, 5) is 53.4. The van der Waals surface area contributed by atoms with E-state index in [0.29, 0.717) is 0 Å². The van der Waals surface area contributed by atoms with E-state index in [-0.39, 0.29) is 50.6 Å². The van der Waals surface area contributed by atoms with Gasteiger partial charge in [-0.3, -0.25) is 19.2 Å². The molecule has 2 amide bonds. The number of phenolic OH excluding ortho intramolecular Hbond substituents is 2. The maximum Gasteiger partial charge on any atom is 0.266 e. The van der Waals surface area contributed by atoms with Crippen LogP contribution in [0.15, 0.2) is 84.9 Å². The number of anilines is 1. The fourth-order valence-electron chi connectivity index (χ4n) is 4.01. The van der Waals surface area contributed by atoms with Crippen LogP contribution in [-0.4, -0.2) is 33.6 Å². The monoisotopic (exact) mass is 481 g/mol. The third-order valence-electron chi connectivity index (χ3n) is 5.81. The van der Waals surface area contributed by atoms with E-state index in [2.05, 4.69) is 0 Å². The summed E-state index contributed by atoms with van der Waals surface area (Å²) in [6.45, 7) is 0. The van der Waals surface area contributed by atoms with Gasteiger partial charge in [-0.1, -0.05) is 0 Å². The number of nitrogens with zero attached hydrogens (tertiary/aromatic N) is 1. The number of phenols is 2. The van der Waals surface area contributed by atoms with Gasteiger partial charge < -0.3 is 10.2 Å². The zero-order chi connectivity index (χ0) is 25.6. The summed E-state index contributed by atoms with van der Waals surface area (Å²) in [7, 11) is 0. The summed E-state index contributed by atoms with van der Waals surface area (Å²) in [5.41, 5.74) is 0.291. The number of halogens is 1. The van der Waals surface area contributed by atoms with Crippen LogP contribution in [0.1, 0.15) is 52.6 Å². The molecule has 0 saturated carbocycles. The van der Waals surface area contributed by atoms with Crippen molar-refractivity contribution in [3.8, 4) is 11.5 Å². The quantitative estimate of drug-likeness (QED) is 0.321. The van der Waals surface area contributed by atoms with Crippen LogP contribution in [0, 0.1) is 5.82 Å². The Bertz CT molecular complexity index is 1500. The third kappa shape index (κ3) is 3.90. The van der Waals surface area contributed by atoms with E-state index in [4.69, 9.17) is 0 Å². The second-order valence-corrected chi connectivity index (χ2v) is 8.16. The predicted octanol–water partition coefficient (Wildman–Crippen LogP) is 4.50. The molecular formula is C28H16FNO6. The number of ketones is 2. The Morgan fingerprint density at radius 3 is 1.56 bits per heavy atom. The van der Waals surface area contributed by atoms with E-state index >= 15 is 0 Å². The van der Waals surface area contributed by atoms with Gasteiger partial charge in [-0.2, -0.15) is 0 Å². The molecule has 0 unspecified atom stereocenters. The second-order valence-electron chi connectivity index (χ2n) is 8.16. The van der Waals surface area contributed by atoms with Crippen molar-refractivity contribution in [2.75, 3.05) is 4.90 Å². The average molecular weight is 481 g/mol. The van der Waals surface area contributed by atoms with Crippen molar-refractivity contribution in [3.05, 3.63) is 124 Å². The summed E-state index contributed by atoms with van der Waals surface area (Å²) in [5, 5.41) is 19.1. The maximum absolute atomic E-state index is 13.8. The van der Waals surface area contributed by atoms with Gasteiger partial charge in [0, 0.05) is 22.3 Å². The van der Waals surface area contributed by atoms with Gasteiger partial charge in [0.25, 0.3) is 11.8 Å². The van der Waals surface area contributed by atoms with Crippen LogP contribution < -0.4 is 4.90 Å². The number of aromatic hydroxyl groups is 2. The van der Waals surface area contributed by atoms with Crippen LogP contribution in [0.2, 0.25) is 0 Å². The summed E-state index contributed by atoms with van der Waals surface area (Å²) in [6, 6.07) is 18.1. The smallest absolute Gasteiger partial charge is 0.266 e. The van der Waals surface area contributed by atoms with Crippen LogP contribution in [-0.2, 0) is 0 Å². The number of fused-ring (bicyclic) bond motifs is 1. The molecule has 0 bridgehead atoms. The first kappa shape index (κ1) is 22.7. The van der Waals surface area contributed by atoms with Gasteiger partial charge in [-0.25, -0.2) is 9.29 Å². The normalized spacial score (nSPS) is 12.5. The van der Waals surface area contributed by atoms with E-state index in [0.717, 1.165) is 17.0 Å². The van der Waals surface area contributed by atoms with Crippen LogP contribution in [0.4, 0.5) is 10.1 Å². The van der Waals surface area contributed by atoms with Crippen molar-refractivity contribution in [3.63, 3.8) is 0 Å². The Kier molecular flexibility index (Phi) is 5.41. The van der Waals surface area contributed by atoms with Crippen LogP contribution in [0.5, 0.6) is 11.5 Å². The minimum Gasteiger partial charge on any atom is -0.508 e. The second kappa shape index (κ2) is 8.59. The number of hydrogen-bond acceptors (Lipinski definition) is 6. The number of hydrogen-bond donors (Lipinski definition) is 2. The largest absolute Gasteiger partial charge is 0.508 e. The highest BCUT2D eigenvalue weighted by molar-refractivity contribution is 6.34. The van der Waals surface area contributed by atoms with E-state index < -0.39 is 29.2 Å². The van der Waals surface area contributed by atoms with Gasteiger partial charge in [-0.15, -0.1) is 0 Å². The van der Waals surface area contributed by atoms with Crippen molar-refractivity contribution < 1.29 is 33.8 Å². The lowest BCUT2D eigenvalue weighted by Gasteiger charge is -2.17. The Hall–Kier alpha value is -5.11. The molecule has 8 heteroatoms. The molecule has 1 heterocycles. The van der Waals surface area contributed by atoms with E-state index in [1.807, 2.05) is 0 Å². The lowest BCUT2D eigenvalue weighted by Crippen LogP contribution is -2.30. The molecule has 5 rings (SSSR count). The zero-order valence-electron chi connectivity index (χ0n) is 18.4. The van der Waals surface area contributed by atoms with Crippen LogP contribution in [0.25, 0.3) is 0 Å². The van der Waals surface area contributed by atoms with E-state index in [9.17, 15) is 33.8 Å². The van der Waals surface area contributed by atoms with Crippen molar-refractivity contribution in [1.29, 1.82) is 0 Å². The first-order chi connectivity index (χ1) is 17.2. The minimum atomic E-state index is -0.785. The highest BCUT2D eigenvalue weighted by atomic mass is 19.1. The maximum atomic E-state index is 13.8. The standard InChI is InChI=1S/C28H16FNO6/c29-19-5-10-23-24(14-19)28(36)30(27(23)35)20-12-17(25(33)15-1-6-21(31)7-2-15)11-18(13-20)26(34)16-3-8-22(32)9-4-16/h1-14,31-32H. The lowest BCUT2D eigenvalue weighted by molar-refractivity contribution is 0.0922. The van der Waals surface area contributed by atoms with Gasteiger partial charge in [0.2, 0.25) is 0 Å². The van der Waals surface area contributed by atoms with Gasteiger partial charge in [0.1, 0.15) is 17.3 Å². The summed E-state index contributed by atoms with van der Waals surface area (Å²) < 4.78 is 13.8. The number of benzene rings is 4. The van der Waals surface area contributed by atoms with E-state index in [1.54, 1.807) is 0 Å². The molecule has 176 valence electrons. The zero-order valence-corrected chi connectivity index (χ0v) is 18.4. The molecule has 0 spiro atoms. The Labute approximate surface area is 203 Å². The predicted molar refractivity (Wildman–Crippen MR) is 127 cm³/mol. The fraction of sp³-hybridized carbons (Fsp3) is 0. The molecule has 4 aromatic rings. The Balaban J connectivity index is 1.64. The molecule has 1 aliphatic heterocycles. The molecule has 1 aliphatic rings. The Morgan fingerprint density at radius 2 is 1.06 bits per heavy atom. The van der Waals surface area contributed by atoms with Gasteiger partial charge in [-0.05, 0) is 84.9 Å². The van der Waals surface area contributed by atoms with Crippen LogP contribution in [0.3, 0.4) is 0 Å². The summed E-state index contributed by atoms with van der Waals surface area (Å²) in [6.07, 6.45) is 0. The molecule has 36 heavy (non-hydrogen) atoms. The van der Waals surface area contributed by atoms with Gasteiger partial charge in [0.05, 0.1) is 16.8 Å². The fourth-order valence-corrected chi connectivity index (χ4v) is 4.01. The molecule has 7 nitrogen and oxygen atoms in total. The molecule has 0 atom stereocenters. The molecule has 0 radical (unpaired) electrons. The number of rotatable bonds is 5. The summed E-state index contributed by atoms with van der Waals surface area (Å²) >= 11 is 0. The van der Waals surface area contributed by atoms with Crippen LogP contribution >= 0.6 is 0 Å². The molecule has 4 aromatic carbocycles. The third-order valence-corrected chi connectivity index (χ3v) is 5.81. The molecule has 0 saturated heterocycles. The number of imide groups is 1. The van der Waals surface area contributed by atoms with Crippen molar-refractivity contribution in [1.82, 2.24) is 0 Å². The number of amides is 2. The SMILES string of the molecule is O=C(c1ccc(O)cc1)c1cc(C(=O)c2ccc(O)cc2)cc(N2C(=O)c3ccc(F)cc3C2=O)c1. The molecule has 0 aliphatic carbocycles. The van der Waals surface area contributed by atoms with Crippen molar-refractivity contribution >= 4 is 29.1 Å². The lowest BCUT2D eigenvalue weighted by atomic mass is 9.96.